The Hall–Kier alpha value is -3.65. The average molecular weight is 576 g/mol. The molecule has 1 atom stereocenters. The van der Waals surface area contributed by atoms with E-state index in [1.54, 1.807) is 41.3 Å². The molecule has 1 aliphatic rings. The van der Waals surface area contributed by atoms with E-state index in [4.69, 9.17) is 0 Å². The zero-order valence-corrected chi connectivity index (χ0v) is 24.9. The maximum atomic E-state index is 14.1. The van der Waals surface area contributed by atoms with Crippen LogP contribution in [0.2, 0.25) is 0 Å². The van der Waals surface area contributed by atoms with Crippen molar-refractivity contribution in [3.05, 3.63) is 96.1 Å². The van der Waals surface area contributed by atoms with Crippen molar-refractivity contribution < 1.29 is 18.0 Å². The summed E-state index contributed by atoms with van der Waals surface area (Å²) in [4.78, 5) is 29.4. The van der Waals surface area contributed by atoms with Gasteiger partial charge in [0.2, 0.25) is 11.8 Å². The van der Waals surface area contributed by atoms with Crippen LogP contribution < -0.4 is 9.62 Å². The number of anilines is 1. The maximum Gasteiger partial charge on any atom is 0.264 e. The van der Waals surface area contributed by atoms with Crippen LogP contribution in [0.25, 0.3) is 0 Å². The molecule has 7 nitrogen and oxygen atoms in total. The molecule has 4 rings (SSSR count). The van der Waals surface area contributed by atoms with Crippen LogP contribution in [0.5, 0.6) is 0 Å². The van der Waals surface area contributed by atoms with Crippen molar-refractivity contribution in [3.8, 4) is 0 Å². The van der Waals surface area contributed by atoms with E-state index in [-0.39, 0.29) is 16.8 Å². The van der Waals surface area contributed by atoms with Crippen LogP contribution in [0.3, 0.4) is 0 Å². The van der Waals surface area contributed by atoms with Gasteiger partial charge < -0.3 is 10.2 Å². The molecule has 0 spiro atoms. The molecular formula is C33H41N3O4S. The highest BCUT2D eigenvalue weighted by molar-refractivity contribution is 7.92. The van der Waals surface area contributed by atoms with Crippen molar-refractivity contribution in [1.29, 1.82) is 0 Å². The van der Waals surface area contributed by atoms with Gasteiger partial charge in [-0.15, -0.1) is 0 Å². The summed E-state index contributed by atoms with van der Waals surface area (Å²) in [6.07, 6.45) is 6.20. The summed E-state index contributed by atoms with van der Waals surface area (Å²) in [5.74, 6) is -0.582. The summed E-state index contributed by atoms with van der Waals surface area (Å²) in [7, 11) is -4.06. The SMILES string of the molecule is CC[C@H](C(=O)NC1CCCCC1)N(CCc1ccccc1)C(=O)CN(c1cccc(C)c1)S(=O)(=O)c1ccccc1. The molecule has 0 aromatic heterocycles. The highest BCUT2D eigenvalue weighted by atomic mass is 32.2. The number of sulfonamides is 1. The third-order valence-corrected chi connectivity index (χ3v) is 9.51. The summed E-state index contributed by atoms with van der Waals surface area (Å²) in [5.41, 5.74) is 2.33. The van der Waals surface area contributed by atoms with E-state index in [9.17, 15) is 18.0 Å². The van der Waals surface area contributed by atoms with Gasteiger partial charge in [0.25, 0.3) is 10.0 Å². The number of carbonyl (C=O) groups is 2. The number of nitrogens with zero attached hydrogens (tertiary/aromatic N) is 2. The summed E-state index contributed by atoms with van der Waals surface area (Å²) in [6, 6.07) is 24.5. The van der Waals surface area contributed by atoms with Crippen molar-refractivity contribution in [2.45, 2.75) is 75.8 Å². The zero-order valence-electron chi connectivity index (χ0n) is 24.0. The second-order valence-electron chi connectivity index (χ2n) is 10.8. The molecule has 0 saturated heterocycles. The van der Waals surface area contributed by atoms with Crippen molar-refractivity contribution in [2.75, 3.05) is 17.4 Å². The van der Waals surface area contributed by atoms with Crippen molar-refractivity contribution in [1.82, 2.24) is 10.2 Å². The summed E-state index contributed by atoms with van der Waals surface area (Å²) < 4.78 is 29.0. The average Bonchev–Trinajstić information content (AvgIpc) is 2.99. The Morgan fingerprint density at radius 1 is 0.902 bits per heavy atom. The molecule has 0 unspecified atom stereocenters. The largest absolute Gasteiger partial charge is 0.352 e. The minimum Gasteiger partial charge on any atom is -0.352 e. The smallest absolute Gasteiger partial charge is 0.264 e. The Balaban J connectivity index is 1.65. The van der Waals surface area contributed by atoms with Gasteiger partial charge >= 0.3 is 0 Å². The Morgan fingerprint density at radius 3 is 2.20 bits per heavy atom. The first kappa shape index (κ1) is 30.3. The molecule has 8 heteroatoms. The highest BCUT2D eigenvalue weighted by Crippen LogP contribution is 2.25. The molecule has 3 aromatic rings. The quantitative estimate of drug-likeness (QED) is 0.310. The zero-order chi connectivity index (χ0) is 29.2. The first-order chi connectivity index (χ1) is 19.8. The lowest BCUT2D eigenvalue weighted by molar-refractivity contribution is -0.140. The number of nitrogens with one attached hydrogen (secondary N) is 1. The van der Waals surface area contributed by atoms with Crippen LogP contribution in [-0.4, -0.2) is 50.3 Å². The minimum absolute atomic E-state index is 0.104. The number of aryl methyl sites for hydroxylation is 1. The summed E-state index contributed by atoms with van der Waals surface area (Å²) >= 11 is 0. The fraction of sp³-hybridized carbons (Fsp3) is 0.394. The standard InChI is InChI=1S/C33H41N3O4S/c1-3-31(33(38)34-28-17-9-5-10-18-28)35(23-22-27-15-7-4-8-16-27)32(37)25-36(29-19-13-14-26(2)24-29)41(39,40)30-20-11-6-12-21-30/h4,6-8,11-16,19-21,24,28,31H,3,5,9-10,17-18,22-23,25H2,1-2H3,(H,34,38)/t31-/m1/s1. The van der Waals surface area contributed by atoms with Gasteiger partial charge in [-0.1, -0.05) is 86.8 Å². The number of rotatable bonds is 12. The second-order valence-corrected chi connectivity index (χ2v) is 12.6. The number of benzene rings is 3. The van der Waals surface area contributed by atoms with Crippen molar-refractivity contribution >= 4 is 27.5 Å². The predicted molar refractivity (Wildman–Crippen MR) is 163 cm³/mol. The van der Waals surface area contributed by atoms with Crippen LogP contribution in [0.4, 0.5) is 5.69 Å². The van der Waals surface area contributed by atoms with Crippen LogP contribution in [-0.2, 0) is 26.0 Å². The van der Waals surface area contributed by atoms with E-state index in [1.807, 2.05) is 50.2 Å². The molecular weight excluding hydrogens is 534 g/mol. The minimum atomic E-state index is -4.06. The topological polar surface area (TPSA) is 86.8 Å². The number of hydrogen-bond donors (Lipinski definition) is 1. The molecule has 1 fully saturated rings. The molecule has 1 saturated carbocycles. The van der Waals surface area contributed by atoms with Gasteiger partial charge in [-0.3, -0.25) is 13.9 Å². The van der Waals surface area contributed by atoms with Gasteiger partial charge in [-0.2, -0.15) is 0 Å². The molecule has 3 aromatic carbocycles. The lowest BCUT2D eigenvalue weighted by Gasteiger charge is -2.34. The maximum absolute atomic E-state index is 14.1. The first-order valence-electron chi connectivity index (χ1n) is 14.6. The fourth-order valence-electron chi connectivity index (χ4n) is 5.47. The third-order valence-electron chi connectivity index (χ3n) is 7.72. The molecule has 0 heterocycles. The van der Waals surface area contributed by atoms with Gasteiger partial charge in [0, 0.05) is 12.6 Å². The van der Waals surface area contributed by atoms with Gasteiger partial charge in [-0.05, 0) is 68.0 Å². The van der Waals surface area contributed by atoms with E-state index in [0.29, 0.717) is 25.1 Å². The molecule has 0 radical (unpaired) electrons. The molecule has 1 N–H and O–H groups in total. The van der Waals surface area contributed by atoms with E-state index >= 15 is 0 Å². The lowest BCUT2D eigenvalue weighted by atomic mass is 9.95. The van der Waals surface area contributed by atoms with Gasteiger partial charge in [0.05, 0.1) is 10.6 Å². The second kappa shape index (κ2) is 14.3. The predicted octanol–water partition coefficient (Wildman–Crippen LogP) is 5.49. The number of amides is 2. The Labute approximate surface area is 244 Å². The van der Waals surface area contributed by atoms with Gasteiger partial charge in [0.15, 0.2) is 0 Å². The van der Waals surface area contributed by atoms with Crippen LogP contribution in [0, 0.1) is 6.92 Å². The third kappa shape index (κ3) is 7.97. The monoisotopic (exact) mass is 575 g/mol. The number of carbonyl (C=O) groups excluding carboxylic acids is 2. The molecule has 0 bridgehead atoms. The fourth-order valence-corrected chi connectivity index (χ4v) is 6.90. The molecule has 1 aliphatic carbocycles. The van der Waals surface area contributed by atoms with Crippen LogP contribution >= 0.6 is 0 Å². The molecule has 2 amide bonds. The Morgan fingerprint density at radius 2 is 1.56 bits per heavy atom. The highest BCUT2D eigenvalue weighted by Gasteiger charge is 2.34. The van der Waals surface area contributed by atoms with E-state index in [2.05, 4.69) is 5.32 Å². The van der Waals surface area contributed by atoms with Crippen molar-refractivity contribution in [3.63, 3.8) is 0 Å². The first-order valence-corrected chi connectivity index (χ1v) is 16.0. The Kier molecular flexibility index (Phi) is 10.6. The van der Waals surface area contributed by atoms with E-state index < -0.39 is 28.5 Å². The van der Waals surface area contributed by atoms with E-state index in [1.165, 1.54) is 22.9 Å². The molecule has 0 aliphatic heterocycles. The van der Waals surface area contributed by atoms with Crippen molar-refractivity contribution in [2.24, 2.45) is 0 Å². The van der Waals surface area contributed by atoms with Crippen LogP contribution in [0.1, 0.15) is 56.6 Å². The number of hydrogen-bond acceptors (Lipinski definition) is 4. The van der Waals surface area contributed by atoms with E-state index in [0.717, 1.165) is 36.8 Å². The summed E-state index contributed by atoms with van der Waals surface area (Å²) in [6.45, 7) is 3.66. The molecule has 41 heavy (non-hydrogen) atoms. The summed E-state index contributed by atoms with van der Waals surface area (Å²) in [5, 5.41) is 3.19. The Bertz CT molecular complexity index is 1390. The normalized spacial score (nSPS) is 14.7. The lowest BCUT2D eigenvalue weighted by Crippen LogP contribution is -2.54. The molecule has 218 valence electrons. The van der Waals surface area contributed by atoms with Crippen LogP contribution in [0.15, 0.2) is 89.8 Å². The van der Waals surface area contributed by atoms with Gasteiger partial charge in [-0.25, -0.2) is 8.42 Å². The van der Waals surface area contributed by atoms with Gasteiger partial charge in [0.1, 0.15) is 12.6 Å².